The zero-order valence-corrected chi connectivity index (χ0v) is 13.5. The van der Waals surface area contributed by atoms with Crippen LogP contribution in [0.2, 0.25) is 0 Å². The van der Waals surface area contributed by atoms with Gasteiger partial charge in [0.05, 0.1) is 6.54 Å². The molecule has 122 valence electrons. The van der Waals surface area contributed by atoms with Crippen molar-refractivity contribution in [1.82, 2.24) is 10.6 Å². The Labute approximate surface area is 128 Å². The van der Waals surface area contributed by atoms with Crippen molar-refractivity contribution in [3.63, 3.8) is 0 Å². The van der Waals surface area contributed by atoms with Crippen LogP contribution in [0.25, 0.3) is 0 Å². The Morgan fingerprint density at radius 3 is 2.38 bits per heavy atom. The van der Waals surface area contributed by atoms with E-state index in [1.54, 1.807) is 0 Å². The predicted molar refractivity (Wildman–Crippen MR) is 84.6 cm³/mol. The molecule has 0 bridgehead atoms. The van der Waals surface area contributed by atoms with Crippen LogP contribution in [-0.2, 0) is 9.59 Å². The normalized spacial score (nSPS) is 17.5. The molecule has 5 nitrogen and oxygen atoms in total. The third kappa shape index (κ3) is 8.05. The summed E-state index contributed by atoms with van der Waals surface area (Å²) in [6.45, 7) is 4.68. The summed E-state index contributed by atoms with van der Waals surface area (Å²) in [6, 6.07) is -0.00672. The van der Waals surface area contributed by atoms with Gasteiger partial charge < -0.3 is 16.4 Å². The molecule has 2 amide bonds. The summed E-state index contributed by atoms with van der Waals surface area (Å²) in [5.74, 6) is 0.826. The number of carbonyl (C=O) groups is 2. The van der Waals surface area contributed by atoms with E-state index in [4.69, 9.17) is 5.73 Å². The van der Waals surface area contributed by atoms with Crippen molar-refractivity contribution in [3.05, 3.63) is 0 Å². The van der Waals surface area contributed by atoms with Gasteiger partial charge >= 0.3 is 0 Å². The molecule has 5 heteroatoms. The van der Waals surface area contributed by atoms with Crippen molar-refractivity contribution >= 4 is 11.8 Å². The second-order valence-electron chi connectivity index (χ2n) is 6.61. The first kappa shape index (κ1) is 18.0. The molecule has 21 heavy (non-hydrogen) atoms. The first-order chi connectivity index (χ1) is 10.0. The largest absolute Gasteiger partial charge is 0.351 e. The van der Waals surface area contributed by atoms with Crippen LogP contribution in [0.4, 0.5) is 0 Å². The topological polar surface area (TPSA) is 84.2 Å². The van der Waals surface area contributed by atoms with Gasteiger partial charge in [-0.2, -0.15) is 0 Å². The molecule has 0 aromatic heterocycles. The summed E-state index contributed by atoms with van der Waals surface area (Å²) >= 11 is 0. The van der Waals surface area contributed by atoms with Crippen LogP contribution in [-0.4, -0.2) is 30.9 Å². The number of amides is 2. The fraction of sp³-hybridized carbons (Fsp3) is 0.875. The number of carbonyl (C=O) groups excluding carboxylic acids is 2. The maximum absolute atomic E-state index is 11.8. The van der Waals surface area contributed by atoms with Crippen LogP contribution in [0.15, 0.2) is 0 Å². The van der Waals surface area contributed by atoms with Crippen molar-refractivity contribution in [3.8, 4) is 0 Å². The quantitative estimate of drug-likeness (QED) is 0.635. The Hall–Kier alpha value is -1.10. The van der Waals surface area contributed by atoms with Gasteiger partial charge in [-0.15, -0.1) is 0 Å². The minimum absolute atomic E-state index is 0.00672. The third-order valence-corrected chi connectivity index (χ3v) is 4.05. The first-order valence-electron chi connectivity index (χ1n) is 8.27. The van der Waals surface area contributed by atoms with E-state index in [-0.39, 0.29) is 24.4 Å². The molecule has 1 aliphatic carbocycles. The highest BCUT2D eigenvalue weighted by molar-refractivity contribution is 5.84. The smallest absolute Gasteiger partial charge is 0.239 e. The van der Waals surface area contributed by atoms with Gasteiger partial charge in [0.15, 0.2) is 0 Å². The summed E-state index contributed by atoms with van der Waals surface area (Å²) < 4.78 is 0. The minimum atomic E-state index is -0.150. The van der Waals surface area contributed by atoms with Gasteiger partial charge in [0.25, 0.3) is 0 Å². The van der Waals surface area contributed by atoms with Gasteiger partial charge in [0.1, 0.15) is 0 Å². The van der Waals surface area contributed by atoms with E-state index in [1.807, 2.05) is 0 Å². The summed E-state index contributed by atoms with van der Waals surface area (Å²) in [4.78, 5) is 23.6. The molecule has 0 spiro atoms. The van der Waals surface area contributed by atoms with E-state index in [0.717, 1.165) is 19.3 Å². The highest BCUT2D eigenvalue weighted by atomic mass is 16.2. The Balaban J connectivity index is 2.20. The van der Waals surface area contributed by atoms with E-state index < -0.39 is 0 Å². The molecule has 1 atom stereocenters. The van der Waals surface area contributed by atoms with E-state index >= 15 is 0 Å². The van der Waals surface area contributed by atoms with Crippen molar-refractivity contribution in [2.45, 2.75) is 64.8 Å². The number of hydrogen-bond donors (Lipinski definition) is 3. The lowest BCUT2D eigenvalue weighted by molar-refractivity contribution is -0.127. The molecular weight excluding hydrogens is 266 g/mol. The average Bonchev–Trinajstić information content (AvgIpc) is 2.45. The van der Waals surface area contributed by atoms with Crippen molar-refractivity contribution in [1.29, 1.82) is 0 Å². The molecular formula is C16H31N3O2. The molecule has 0 aliphatic heterocycles. The Morgan fingerprint density at radius 1 is 1.14 bits per heavy atom. The lowest BCUT2D eigenvalue weighted by Gasteiger charge is -2.21. The SMILES string of the molecule is CC(C)CC(CN)NC(=O)CNC(=O)CC1CCCCC1. The molecule has 1 aliphatic rings. The fourth-order valence-electron chi connectivity index (χ4n) is 2.97. The van der Waals surface area contributed by atoms with Crippen LogP contribution >= 0.6 is 0 Å². The van der Waals surface area contributed by atoms with Crippen LogP contribution in [0.5, 0.6) is 0 Å². The Kier molecular flexibility index (Phi) is 8.35. The summed E-state index contributed by atoms with van der Waals surface area (Å²) in [5.41, 5.74) is 5.65. The molecule has 4 N–H and O–H groups in total. The fourth-order valence-corrected chi connectivity index (χ4v) is 2.97. The summed E-state index contributed by atoms with van der Waals surface area (Å²) in [6.07, 6.45) is 7.44. The van der Waals surface area contributed by atoms with Gasteiger partial charge in [0, 0.05) is 19.0 Å². The van der Waals surface area contributed by atoms with Gasteiger partial charge in [-0.25, -0.2) is 0 Å². The lowest BCUT2D eigenvalue weighted by Crippen LogP contribution is -2.45. The number of rotatable bonds is 8. The Morgan fingerprint density at radius 2 is 1.81 bits per heavy atom. The van der Waals surface area contributed by atoms with E-state index in [9.17, 15) is 9.59 Å². The number of hydrogen-bond acceptors (Lipinski definition) is 3. The second kappa shape index (κ2) is 9.77. The Bertz CT molecular complexity index is 325. The van der Waals surface area contributed by atoms with Crippen LogP contribution < -0.4 is 16.4 Å². The highest BCUT2D eigenvalue weighted by Gasteiger charge is 2.18. The molecule has 0 radical (unpaired) electrons. The van der Waals surface area contributed by atoms with Gasteiger partial charge in [-0.05, 0) is 31.1 Å². The monoisotopic (exact) mass is 297 g/mol. The van der Waals surface area contributed by atoms with Gasteiger partial charge in [0.2, 0.25) is 11.8 Å². The minimum Gasteiger partial charge on any atom is -0.351 e. The molecule has 0 aromatic carbocycles. The first-order valence-corrected chi connectivity index (χ1v) is 8.27. The van der Waals surface area contributed by atoms with Crippen LogP contribution in [0.1, 0.15) is 58.8 Å². The van der Waals surface area contributed by atoms with E-state index in [0.29, 0.717) is 24.8 Å². The molecule has 1 fully saturated rings. The van der Waals surface area contributed by atoms with Crippen molar-refractivity contribution < 1.29 is 9.59 Å². The zero-order valence-electron chi connectivity index (χ0n) is 13.5. The maximum Gasteiger partial charge on any atom is 0.239 e. The maximum atomic E-state index is 11.8. The number of nitrogens with one attached hydrogen (secondary N) is 2. The van der Waals surface area contributed by atoms with Crippen molar-refractivity contribution in [2.75, 3.05) is 13.1 Å². The average molecular weight is 297 g/mol. The summed E-state index contributed by atoms with van der Waals surface area (Å²) in [5, 5.41) is 5.60. The standard InChI is InChI=1S/C16H31N3O2/c1-12(2)8-14(10-17)19-16(21)11-18-15(20)9-13-6-4-3-5-7-13/h12-14H,3-11,17H2,1-2H3,(H,18,20)(H,19,21). The third-order valence-electron chi connectivity index (χ3n) is 4.05. The van der Waals surface area contributed by atoms with E-state index in [1.165, 1.54) is 19.3 Å². The van der Waals surface area contributed by atoms with Gasteiger partial charge in [-0.3, -0.25) is 9.59 Å². The summed E-state index contributed by atoms with van der Waals surface area (Å²) in [7, 11) is 0. The lowest BCUT2D eigenvalue weighted by atomic mass is 9.87. The molecule has 1 unspecified atom stereocenters. The molecule has 0 aromatic rings. The van der Waals surface area contributed by atoms with Gasteiger partial charge in [-0.1, -0.05) is 33.1 Å². The zero-order chi connectivity index (χ0) is 15.7. The van der Waals surface area contributed by atoms with Crippen LogP contribution in [0, 0.1) is 11.8 Å². The number of nitrogens with two attached hydrogens (primary N) is 1. The molecule has 1 rings (SSSR count). The van der Waals surface area contributed by atoms with Crippen LogP contribution in [0.3, 0.4) is 0 Å². The molecule has 1 saturated carbocycles. The molecule has 0 saturated heterocycles. The second-order valence-corrected chi connectivity index (χ2v) is 6.61. The van der Waals surface area contributed by atoms with Crippen molar-refractivity contribution in [2.24, 2.45) is 17.6 Å². The van der Waals surface area contributed by atoms with E-state index in [2.05, 4.69) is 24.5 Å². The highest BCUT2D eigenvalue weighted by Crippen LogP contribution is 2.25. The molecule has 0 heterocycles. The predicted octanol–water partition coefficient (Wildman–Crippen LogP) is 1.56.